The lowest BCUT2D eigenvalue weighted by atomic mass is 10.2. The molecule has 0 unspecified atom stereocenters. The largest absolute Gasteiger partial charge is 0.493 e. The molecule has 0 amide bonds. The van der Waals surface area contributed by atoms with Crippen LogP contribution in [0.5, 0.6) is 5.75 Å². The summed E-state index contributed by atoms with van der Waals surface area (Å²) in [4.78, 5) is 0. The van der Waals surface area contributed by atoms with E-state index < -0.39 is 0 Å². The number of aromatic nitrogens is 2. The number of nitrogens with zero attached hydrogens (tertiary/aromatic N) is 3. The van der Waals surface area contributed by atoms with Gasteiger partial charge in [0, 0.05) is 11.5 Å². The van der Waals surface area contributed by atoms with Crippen LogP contribution >= 0.6 is 34.9 Å². The minimum absolute atomic E-state index is 0.581. The van der Waals surface area contributed by atoms with Crippen molar-refractivity contribution >= 4 is 34.9 Å². The molecule has 116 valence electrons. The van der Waals surface area contributed by atoms with E-state index in [1.807, 2.05) is 12.1 Å². The fraction of sp³-hybridized carbons (Fsp3) is 0.400. The van der Waals surface area contributed by atoms with Gasteiger partial charge in [-0.1, -0.05) is 54.3 Å². The van der Waals surface area contributed by atoms with E-state index in [0.717, 1.165) is 25.9 Å². The van der Waals surface area contributed by atoms with E-state index in [9.17, 15) is 0 Å². The van der Waals surface area contributed by atoms with Crippen LogP contribution in [-0.4, -0.2) is 28.3 Å². The molecule has 0 saturated heterocycles. The Morgan fingerprint density at radius 1 is 1.23 bits per heavy atom. The first-order valence-corrected chi connectivity index (χ1v) is 9.82. The number of rotatable bonds is 9. The molecule has 1 aromatic carbocycles. The number of hydrogen-bond acceptors (Lipinski definition) is 7. The number of thioether (sulfide) groups is 2. The van der Waals surface area contributed by atoms with Gasteiger partial charge in [0.15, 0.2) is 8.68 Å². The Hall–Kier alpha value is -1.23. The highest BCUT2D eigenvalue weighted by Gasteiger charge is 2.05. The molecule has 0 atom stereocenters. The zero-order chi connectivity index (χ0) is 15.6. The van der Waals surface area contributed by atoms with E-state index in [4.69, 9.17) is 10.00 Å². The van der Waals surface area contributed by atoms with Crippen molar-refractivity contribution in [1.29, 1.82) is 5.26 Å². The Bertz CT molecular complexity index is 624. The first-order valence-electron chi connectivity index (χ1n) is 7.04. The van der Waals surface area contributed by atoms with Crippen molar-refractivity contribution in [3.63, 3.8) is 0 Å². The molecule has 0 aliphatic carbocycles. The van der Waals surface area contributed by atoms with Crippen molar-refractivity contribution in [2.24, 2.45) is 0 Å². The highest BCUT2D eigenvalue weighted by atomic mass is 32.2. The Balaban J connectivity index is 1.69. The van der Waals surface area contributed by atoms with Crippen molar-refractivity contribution in [3.8, 4) is 11.8 Å². The molecule has 0 spiro atoms. The zero-order valence-corrected chi connectivity index (χ0v) is 14.8. The fourth-order valence-corrected chi connectivity index (χ4v) is 4.62. The first kappa shape index (κ1) is 17.1. The van der Waals surface area contributed by atoms with E-state index in [2.05, 4.69) is 23.2 Å². The predicted octanol–water partition coefficient (Wildman–Crippen LogP) is 4.47. The SMILES string of the molecule is CCCCSc1nnc(SCCOc2cccc(C#N)c2)s1. The van der Waals surface area contributed by atoms with Crippen LogP contribution in [0.1, 0.15) is 25.3 Å². The smallest absolute Gasteiger partial charge is 0.175 e. The van der Waals surface area contributed by atoms with Crippen LogP contribution in [0.4, 0.5) is 0 Å². The maximum absolute atomic E-state index is 8.84. The van der Waals surface area contributed by atoms with Crippen LogP contribution in [0.25, 0.3) is 0 Å². The molecule has 2 rings (SSSR count). The third-order valence-electron chi connectivity index (χ3n) is 2.65. The summed E-state index contributed by atoms with van der Waals surface area (Å²) in [6.07, 6.45) is 2.42. The van der Waals surface area contributed by atoms with Crippen LogP contribution in [0.15, 0.2) is 32.9 Å². The Morgan fingerprint density at radius 3 is 2.73 bits per heavy atom. The van der Waals surface area contributed by atoms with Gasteiger partial charge < -0.3 is 4.74 Å². The maximum atomic E-state index is 8.84. The number of unbranched alkanes of at least 4 members (excludes halogenated alkanes) is 1. The number of ether oxygens (including phenoxy) is 1. The monoisotopic (exact) mass is 351 g/mol. The Labute approximate surface area is 143 Å². The van der Waals surface area contributed by atoms with Gasteiger partial charge in [0.1, 0.15) is 5.75 Å². The molecule has 0 saturated carbocycles. The second-order valence-electron chi connectivity index (χ2n) is 4.37. The van der Waals surface area contributed by atoms with Crippen LogP contribution < -0.4 is 4.74 Å². The molecule has 2 aromatic rings. The van der Waals surface area contributed by atoms with E-state index in [-0.39, 0.29) is 0 Å². The summed E-state index contributed by atoms with van der Waals surface area (Å²) in [6, 6.07) is 9.30. The van der Waals surface area contributed by atoms with E-state index in [1.165, 1.54) is 12.8 Å². The topological polar surface area (TPSA) is 58.8 Å². The molecule has 0 bridgehead atoms. The highest BCUT2D eigenvalue weighted by molar-refractivity contribution is 8.03. The van der Waals surface area contributed by atoms with Crippen LogP contribution in [-0.2, 0) is 0 Å². The standard InChI is InChI=1S/C15H17N3OS3/c1-2-3-8-20-14-17-18-15(22-14)21-9-7-19-13-6-4-5-12(10-13)11-16/h4-6,10H,2-3,7-9H2,1H3. The molecular weight excluding hydrogens is 334 g/mol. The molecule has 4 nitrogen and oxygen atoms in total. The van der Waals surface area contributed by atoms with Gasteiger partial charge in [-0.25, -0.2) is 0 Å². The molecule has 22 heavy (non-hydrogen) atoms. The molecule has 1 aromatic heterocycles. The number of nitriles is 1. The molecule has 0 N–H and O–H groups in total. The molecule has 7 heteroatoms. The molecule has 0 fully saturated rings. The van der Waals surface area contributed by atoms with Gasteiger partial charge in [-0.2, -0.15) is 5.26 Å². The Kier molecular flexibility index (Phi) is 7.57. The third-order valence-corrected chi connectivity index (χ3v) is 5.89. The minimum atomic E-state index is 0.581. The lowest BCUT2D eigenvalue weighted by Crippen LogP contribution is -2.00. The number of hydrogen-bond donors (Lipinski definition) is 0. The van der Waals surface area contributed by atoms with Crippen molar-refractivity contribution in [2.75, 3.05) is 18.1 Å². The minimum Gasteiger partial charge on any atom is -0.493 e. The van der Waals surface area contributed by atoms with Gasteiger partial charge in [-0.05, 0) is 24.6 Å². The summed E-state index contributed by atoms with van der Waals surface area (Å²) in [5.74, 6) is 2.65. The summed E-state index contributed by atoms with van der Waals surface area (Å²) < 4.78 is 7.66. The average molecular weight is 352 g/mol. The lowest BCUT2D eigenvalue weighted by molar-refractivity contribution is 0.344. The van der Waals surface area contributed by atoms with E-state index in [0.29, 0.717) is 12.2 Å². The van der Waals surface area contributed by atoms with Crippen LogP contribution in [0, 0.1) is 11.3 Å². The second-order valence-corrected chi connectivity index (χ2v) is 8.03. The van der Waals surface area contributed by atoms with Gasteiger partial charge in [-0.15, -0.1) is 10.2 Å². The van der Waals surface area contributed by atoms with Crippen LogP contribution in [0.3, 0.4) is 0 Å². The van der Waals surface area contributed by atoms with Gasteiger partial charge in [-0.3, -0.25) is 0 Å². The van der Waals surface area contributed by atoms with E-state index >= 15 is 0 Å². The maximum Gasteiger partial charge on any atom is 0.175 e. The summed E-state index contributed by atoms with van der Waals surface area (Å²) in [5, 5.41) is 17.2. The average Bonchev–Trinajstić information content (AvgIpc) is 3.00. The molecule has 0 radical (unpaired) electrons. The van der Waals surface area contributed by atoms with Crippen molar-refractivity contribution in [1.82, 2.24) is 10.2 Å². The molecule has 0 aliphatic rings. The van der Waals surface area contributed by atoms with Crippen LogP contribution in [0.2, 0.25) is 0 Å². The zero-order valence-electron chi connectivity index (χ0n) is 12.3. The van der Waals surface area contributed by atoms with Gasteiger partial charge in [0.05, 0.1) is 18.2 Å². The second kappa shape index (κ2) is 9.72. The summed E-state index contributed by atoms with van der Waals surface area (Å²) in [7, 11) is 0. The molecular formula is C15H17N3OS3. The molecule has 1 heterocycles. The highest BCUT2D eigenvalue weighted by Crippen LogP contribution is 2.29. The lowest BCUT2D eigenvalue weighted by Gasteiger charge is -2.04. The molecule has 0 aliphatic heterocycles. The quantitative estimate of drug-likeness (QED) is 0.490. The van der Waals surface area contributed by atoms with Gasteiger partial charge in [0.25, 0.3) is 0 Å². The summed E-state index contributed by atoms with van der Waals surface area (Å²) >= 11 is 5.07. The first-order chi connectivity index (χ1) is 10.8. The normalized spacial score (nSPS) is 10.4. The van der Waals surface area contributed by atoms with Crippen molar-refractivity contribution in [2.45, 2.75) is 28.4 Å². The summed E-state index contributed by atoms with van der Waals surface area (Å²) in [5.41, 5.74) is 0.614. The predicted molar refractivity (Wildman–Crippen MR) is 92.9 cm³/mol. The van der Waals surface area contributed by atoms with E-state index in [1.54, 1.807) is 47.0 Å². The Morgan fingerprint density at radius 2 is 2.00 bits per heavy atom. The van der Waals surface area contributed by atoms with Crippen molar-refractivity contribution < 1.29 is 4.74 Å². The van der Waals surface area contributed by atoms with Gasteiger partial charge >= 0.3 is 0 Å². The van der Waals surface area contributed by atoms with Gasteiger partial charge in [0.2, 0.25) is 0 Å². The fourth-order valence-electron chi connectivity index (χ4n) is 1.56. The number of benzene rings is 1. The summed E-state index contributed by atoms with van der Waals surface area (Å²) in [6.45, 7) is 2.77. The third kappa shape index (κ3) is 5.87. The van der Waals surface area contributed by atoms with Crippen molar-refractivity contribution in [3.05, 3.63) is 29.8 Å².